The molecule has 158 valence electrons. The van der Waals surface area contributed by atoms with Gasteiger partial charge in [-0.05, 0) is 43.0 Å². The Bertz CT molecular complexity index is 883. The number of aryl methyl sites for hydroxylation is 1. The van der Waals surface area contributed by atoms with Gasteiger partial charge in [-0.25, -0.2) is 4.79 Å². The van der Waals surface area contributed by atoms with Crippen molar-refractivity contribution in [2.24, 2.45) is 0 Å². The summed E-state index contributed by atoms with van der Waals surface area (Å²) in [6, 6.07) is 15.9. The first kappa shape index (κ1) is 21.4. The van der Waals surface area contributed by atoms with Crippen molar-refractivity contribution in [1.29, 1.82) is 0 Å². The van der Waals surface area contributed by atoms with Gasteiger partial charge in [-0.3, -0.25) is 14.5 Å². The number of rotatable bonds is 9. The maximum atomic E-state index is 12.6. The fraction of sp³-hybridized carbons (Fsp3) is 0.348. The molecular formula is C23H27N3O4. The van der Waals surface area contributed by atoms with Crippen LogP contribution in [0.5, 0.6) is 5.75 Å². The van der Waals surface area contributed by atoms with Gasteiger partial charge in [0.2, 0.25) is 5.91 Å². The fourth-order valence-electron chi connectivity index (χ4n) is 3.40. The number of carbonyl (C=O) groups is 3. The van der Waals surface area contributed by atoms with Crippen LogP contribution in [0.4, 0.5) is 4.79 Å². The number of ether oxygens (including phenoxy) is 1. The minimum atomic E-state index is -0.836. The van der Waals surface area contributed by atoms with Gasteiger partial charge in [0.1, 0.15) is 11.8 Å². The lowest BCUT2D eigenvalue weighted by Crippen LogP contribution is -2.39. The molecule has 7 nitrogen and oxygen atoms in total. The molecular weight excluding hydrogens is 382 g/mol. The molecule has 1 unspecified atom stereocenters. The number of nitrogens with one attached hydrogen (secondary N) is 2. The Morgan fingerprint density at radius 1 is 1.10 bits per heavy atom. The summed E-state index contributed by atoms with van der Waals surface area (Å²) in [6.07, 6.45) is 1.58. The standard InChI is InChI=1S/C23H27N3O4/c1-16(8-9-17-6-4-3-5-7-17)24-21(27)14-20-22(28)26(23(29)25-20)15-18-10-12-19(30-2)13-11-18/h3-7,10-13,16,20H,8-9,14-15H2,1-2H3,(H,24,27)(H,25,29)/t16?,20-/m0/s1. The number of carbonyl (C=O) groups excluding carboxylic acids is 3. The van der Waals surface area contributed by atoms with Gasteiger partial charge in [0, 0.05) is 6.04 Å². The van der Waals surface area contributed by atoms with Gasteiger partial charge in [-0.2, -0.15) is 0 Å². The lowest BCUT2D eigenvalue weighted by atomic mass is 10.1. The van der Waals surface area contributed by atoms with E-state index in [4.69, 9.17) is 4.74 Å². The minimum absolute atomic E-state index is 0.0275. The van der Waals surface area contributed by atoms with Gasteiger partial charge < -0.3 is 15.4 Å². The molecule has 0 radical (unpaired) electrons. The third-order valence-corrected chi connectivity index (χ3v) is 5.11. The van der Waals surface area contributed by atoms with Crippen molar-refractivity contribution in [3.8, 4) is 5.75 Å². The quantitative estimate of drug-likeness (QED) is 0.624. The van der Waals surface area contributed by atoms with E-state index in [0.29, 0.717) is 5.75 Å². The van der Waals surface area contributed by atoms with E-state index < -0.39 is 12.1 Å². The number of benzene rings is 2. The molecule has 1 saturated heterocycles. The van der Waals surface area contributed by atoms with Crippen molar-refractivity contribution in [2.75, 3.05) is 7.11 Å². The Labute approximate surface area is 176 Å². The second-order valence-corrected chi connectivity index (χ2v) is 7.47. The molecule has 2 aromatic rings. The zero-order valence-electron chi connectivity index (χ0n) is 17.3. The Kier molecular flexibility index (Phi) is 7.06. The Morgan fingerprint density at radius 3 is 2.47 bits per heavy atom. The third-order valence-electron chi connectivity index (χ3n) is 5.11. The highest BCUT2D eigenvalue weighted by atomic mass is 16.5. The zero-order valence-corrected chi connectivity index (χ0v) is 17.3. The molecule has 7 heteroatoms. The fourth-order valence-corrected chi connectivity index (χ4v) is 3.40. The number of imide groups is 1. The van der Waals surface area contributed by atoms with E-state index in [9.17, 15) is 14.4 Å². The van der Waals surface area contributed by atoms with Gasteiger partial charge in [0.25, 0.3) is 5.91 Å². The Balaban J connectivity index is 1.48. The van der Waals surface area contributed by atoms with Crippen LogP contribution in [0, 0.1) is 0 Å². The first-order chi connectivity index (χ1) is 14.5. The number of hydrogen-bond donors (Lipinski definition) is 2. The van der Waals surface area contributed by atoms with Crippen molar-refractivity contribution in [2.45, 2.75) is 44.8 Å². The van der Waals surface area contributed by atoms with Crippen LogP contribution < -0.4 is 15.4 Å². The number of hydrogen-bond acceptors (Lipinski definition) is 4. The average molecular weight is 409 g/mol. The number of nitrogens with zero attached hydrogens (tertiary/aromatic N) is 1. The van der Waals surface area contributed by atoms with Crippen LogP contribution in [0.1, 0.15) is 30.9 Å². The molecule has 1 heterocycles. The molecule has 3 rings (SSSR count). The van der Waals surface area contributed by atoms with Gasteiger partial charge in [-0.15, -0.1) is 0 Å². The molecule has 2 aromatic carbocycles. The average Bonchev–Trinajstić information content (AvgIpc) is 3.00. The molecule has 4 amide bonds. The summed E-state index contributed by atoms with van der Waals surface area (Å²) in [4.78, 5) is 38.3. The highest BCUT2D eigenvalue weighted by molar-refractivity contribution is 6.05. The Hall–Kier alpha value is -3.35. The second kappa shape index (κ2) is 9.91. The predicted molar refractivity (Wildman–Crippen MR) is 113 cm³/mol. The molecule has 1 fully saturated rings. The molecule has 30 heavy (non-hydrogen) atoms. The summed E-state index contributed by atoms with van der Waals surface area (Å²) in [5, 5.41) is 5.53. The summed E-state index contributed by atoms with van der Waals surface area (Å²) in [7, 11) is 1.57. The lowest BCUT2D eigenvalue weighted by molar-refractivity contribution is -0.131. The van der Waals surface area contributed by atoms with E-state index in [2.05, 4.69) is 22.8 Å². The smallest absolute Gasteiger partial charge is 0.325 e. The summed E-state index contributed by atoms with van der Waals surface area (Å²) in [5.41, 5.74) is 2.02. The van der Waals surface area contributed by atoms with Crippen LogP contribution in [0.2, 0.25) is 0 Å². The van der Waals surface area contributed by atoms with Crippen LogP contribution in [-0.2, 0) is 22.6 Å². The molecule has 0 aliphatic carbocycles. The number of amides is 4. The second-order valence-electron chi connectivity index (χ2n) is 7.47. The maximum absolute atomic E-state index is 12.6. The van der Waals surface area contributed by atoms with Gasteiger partial charge in [0.15, 0.2) is 0 Å². The Morgan fingerprint density at radius 2 is 1.80 bits per heavy atom. The van der Waals surface area contributed by atoms with Crippen LogP contribution in [0.15, 0.2) is 54.6 Å². The van der Waals surface area contributed by atoms with Crippen molar-refractivity contribution in [3.05, 3.63) is 65.7 Å². The van der Waals surface area contributed by atoms with Crippen LogP contribution in [0.3, 0.4) is 0 Å². The van der Waals surface area contributed by atoms with Crippen molar-refractivity contribution >= 4 is 17.8 Å². The summed E-state index contributed by atoms with van der Waals surface area (Å²) in [5.74, 6) is 0.0651. The normalized spacial score (nSPS) is 16.9. The molecule has 2 atom stereocenters. The topological polar surface area (TPSA) is 87.7 Å². The van der Waals surface area contributed by atoms with Crippen LogP contribution in [0.25, 0.3) is 0 Å². The van der Waals surface area contributed by atoms with Gasteiger partial charge >= 0.3 is 6.03 Å². The summed E-state index contributed by atoms with van der Waals surface area (Å²) in [6.45, 7) is 2.09. The maximum Gasteiger partial charge on any atom is 0.325 e. The van der Waals surface area contributed by atoms with E-state index in [1.807, 2.05) is 25.1 Å². The minimum Gasteiger partial charge on any atom is -0.497 e. The zero-order chi connectivity index (χ0) is 21.5. The van der Waals surface area contributed by atoms with E-state index in [-0.39, 0.29) is 30.8 Å². The van der Waals surface area contributed by atoms with E-state index in [1.54, 1.807) is 31.4 Å². The summed E-state index contributed by atoms with van der Waals surface area (Å²) < 4.78 is 5.11. The number of methoxy groups -OCH3 is 1. The van der Waals surface area contributed by atoms with Crippen LogP contribution >= 0.6 is 0 Å². The van der Waals surface area contributed by atoms with Crippen molar-refractivity contribution in [3.63, 3.8) is 0 Å². The highest BCUT2D eigenvalue weighted by Gasteiger charge is 2.39. The van der Waals surface area contributed by atoms with Crippen molar-refractivity contribution in [1.82, 2.24) is 15.5 Å². The highest BCUT2D eigenvalue weighted by Crippen LogP contribution is 2.17. The van der Waals surface area contributed by atoms with E-state index in [0.717, 1.165) is 23.3 Å². The predicted octanol–water partition coefficient (Wildman–Crippen LogP) is 2.64. The molecule has 1 aliphatic rings. The van der Waals surface area contributed by atoms with Gasteiger partial charge in [0.05, 0.1) is 20.1 Å². The molecule has 2 N–H and O–H groups in total. The number of urea groups is 1. The monoisotopic (exact) mass is 409 g/mol. The molecule has 0 saturated carbocycles. The SMILES string of the molecule is COc1ccc(CN2C(=O)N[C@@H](CC(=O)NC(C)CCc3ccccc3)C2=O)cc1. The molecule has 0 aromatic heterocycles. The van der Waals surface area contributed by atoms with Crippen molar-refractivity contribution < 1.29 is 19.1 Å². The molecule has 1 aliphatic heterocycles. The first-order valence-electron chi connectivity index (χ1n) is 10.0. The third kappa shape index (κ3) is 5.59. The van der Waals surface area contributed by atoms with E-state index >= 15 is 0 Å². The largest absolute Gasteiger partial charge is 0.497 e. The summed E-state index contributed by atoms with van der Waals surface area (Å²) >= 11 is 0. The molecule has 0 spiro atoms. The molecule has 0 bridgehead atoms. The first-order valence-corrected chi connectivity index (χ1v) is 10.0. The lowest BCUT2D eigenvalue weighted by Gasteiger charge is -2.16. The van der Waals surface area contributed by atoms with Gasteiger partial charge in [-0.1, -0.05) is 42.5 Å². The van der Waals surface area contributed by atoms with E-state index in [1.165, 1.54) is 5.56 Å². The van der Waals surface area contributed by atoms with Crippen LogP contribution in [-0.4, -0.2) is 41.9 Å².